The molecule has 1 N–H and O–H groups in total. The maximum absolute atomic E-state index is 13.4. The number of hydrogen-bond donors (Lipinski definition) is 1. The summed E-state index contributed by atoms with van der Waals surface area (Å²) in [6.07, 6.45) is 0. The summed E-state index contributed by atoms with van der Waals surface area (Å²) >= 11 is 5.51. The Kier molecular flexibility index (Phi) is 4.59. The predicted octanol–water partition coefficient (Wildman–Crippen LogP) is 2.68. The fraction of sp³-hybridized carbons (Fsp3) is 0.273. The van der Waals surface area contributed by atoms with Crippen LogP contribution in [0.1, 0.15) is 5.56 Å². The van der Waals surface area contributed by atoms with Crippen LogP contribution in [-0.4, -0.2) is 13.7 Å². The minimum absolute atomic E-state index is 0.115. The van der Waals surface area contributed by atoms with E-state index < -0.39 is 0 Å². The monoisotopic (exact) mass is 229 g/mol. The minimum Gasteiger partial charge on any atom is -0.485 e. The molecule has 0 aromatic heterocycles. The van der Waals surface area contributed by atoms with Gasteiger partial charge in [0.15, 0.2) is 11.6 Å². The first-order valence-corrected chi connectivity index (χ1v) is 4.90. The van der Waals surface area contributed by atoms with Crippen LogP contribution in [0.25, 0.3) is 0 Å². The van der Waals surface area contributed by atoms with Gasteiger partial charge in [-0.3, -0.25) is 0 Å². The van der Waals surface area contributed by atoms with Crippen molar-refractivity contribution in [1.82, 2.24) is 5.32 Å². The van der Waals surface area contributed by atoms with Crippen LogP contribution in [0.15, 0.2) is 29.8 Å². The van der Waals surface area contributed by atoms with Crippen molar-refractivity contribution in [2.75, 3.05) is 13.7 Å². The number of benzene rings is 1. The van der Waals surface area contributed by atoms with Crippen molar-refractivity contribution in [3.8, 4) is 5.75 Å². The maximum atomic E-state index is 13.4. The van der Waals surface area contributed by atoms with Crippen LogP contribution in [0.5, 0.6) is 5.75 Å². The van der Waals surface area contributed by atoms with E-state index in [0.29, 0.717) is 11.6 Å². The Labute approximate surface area is 93.7 Å². The predicted molar refractivity (Wildman–Crippen MR) is 59.7 cm³/mol. The SMILES string of the molecule is C=C(Cl)COc1ccc(CNC)cc1F. The molecule has 1 aromatic carbocycles. The number of hydrogen-bond acceptors (Lipinski definition) is 2. The van der Waals surface area contributed by atoms with Gasteiger partial charge in [-0.25, -0.2) is 4.39 Å². The fourth-order valence-corrected chi connectivity index (χ4v) is 1.19. The van der Waals surface area contributed by atoms with E-state index in [0.717, 1.165) is 5.56 Å². The molecule has 2 nitrogen and oxygen atoms in total. The highest BCUT2D eigenvalue weighted by Crippen LogP contribution is 2.19. The average Bonchev–Trinajstić information content (AvgIpc) is 2.17. The highest BCUT2D eigenvalue weighted by atomic mass is 35.5. The van der Waals surface area contributed by atoms with Gasteiger partial charge in [0.2, 0.25) is 0 Å². The molecular formula is C11H13ClFNO. The number of halogens is 2. The molecule has 0 heterocycles. The Bertz CT molecular complexity index is 354. The molecule has 0 bridgehead atoms. The molecule has 0 atom stereocenters. The quantitative estimate of drug-likeness (QED) is 0.838. The second-order valence-electron chi connectivity index (χ2n) is 3.10. The molecule has 0 saturated carbocycles. The van der Waals surface area contributed by atoms with Gasteiger partial charge in [0.1, 0.15) is 6.61 Å². The van der Waals surface area contributed by atoms with E-state index in [1.54, 1.807) is 19.2 Å². The molecule has 0 saturated heterocycles. The Morgan fingerprint density at radius 3 is 2.87 bits per heavy atom. The summed E-state index contributed by atoms with van der Waals surface area (Å²) in [5, 5.41) is 3.28. The highest BCUT2D eigenvalue weighted by Gasteiger charge is 2.04. The minimum atomic E-state index is -0.388. The fourth-order valence-electron chi connectivity index (χ4n) is 1.13. The first kappa shape index (κ1) is 12.0. The smallest absolute Gasteiger partial charge is 0.165 e. The summed E-state index contributed by atoms with van der Waals surface area (Å²) in [4.78, 5) is 0. The van der Waals surface area contributed by atoms with Gasteiger partial charge in [-0.1, -0.05) is 24.2 Å². The van der Waals surface area contributed by atoms with Gasteiger partial charge in [-0.2, -0.15) is 0 Å². The molecule has 15 heavy (non-hydrogen) atoms. The van der Waals surface area contributed by atoms with Crippen molar-refractivity contribution in [3.63, 3.8) is 0 Å². The molecule has 4 heteroatoms. The normalized spacial score (nSPS) is 10.1. The van der Waals surface area contributed by atoms with E-state index in [4.69, 9.17) is 16.3 Å². The largest absolute Gasteiger partial charge is 0.485 e. The van der Waals surface area contributed by atoms with E-state index in [-0.39, 0.29) is 18.2 Å². The van der Waals surface area contributed by atoms with Crippen LogP contribution in [0.3, 0.4) is 0 Å². The van der Waals surface area contributed by atoms with Crippen LogP contribution in [0.2, 0.25) is 0 Å². The van der Waals surface area contributed by atoms with Crippen LogP contribution in [0.4, 0.5) is 4.39 Å². The van der Waals surface area contributed by atoms with Crippen LogP contribution in [-0.2, 0) is 6.54 Å². The first-order chi connectivity index (χ1) is 7.13. The van der Waals surface area contributed by atoms with Gasteiger partial charge in [-0.05, 0) is 24.7 Å². The second kappa shape index (κ2) is 5.73. The molecule has 0 aliphatic heterocycles. The molecule has 1 aromatic rings. The molecule has 1 rings (SSSR count). The zero-order valence-corrected chi connectivity index (χ0v) is 9.27. The van der Waals surface area contributed by atoms with Crippen molar-refractivity contribution < 1.29 is 9.13 Å². The molecule has 0 amide bonds. The van der Waals surface area contributed by atoms with Crippen LogP contribution >= 0.6 is 11.6 Å². The van der Waals surface area contributed by atoms with Crippen molar-refractivity contribution in [2.24, 2.45) is 0 Å². The van der Waals surface area contributed by atoms with Crippen molar-refractivity contribution in [3.05, 3.63) is 41.2 Å². The molecule has 0 aliphatic carbocycles. The van der Waals surface area contributed by atoms with Crippen LogP contribution < -0.4 is 10.1 Å². The maximum Gasteiger partial charge on any atom is 0.165 e. The number of nitrogens with one attached hydrogen (secondary N) is 1. The summed E-state index contributed by atoms with van der Waals surface area (Å²) in [5.74, 6) is -0.197. The summed E-state index contributed by atoms with van der Waals surface area (Å²) in [5.41, 5.74) is 0.868. The van der Waals surface area contributed by atoms with Gasteiger partial charge in [0.25, 0.3) is 0 Å². The molecular weight excluding hydrogens is 217 g/mol. The van der Waals surface area contributed by atoms with E-state index in [9.17, 15) is 4.39 Å². The van der Waals surface area contributed by atoms with Crippen molar-refractivity contribution in [2.45, 2.75) is 6.54 Å². The Morgan fingerprint density at radius 2 is 2.33 bits per heavy atom. The third-order valence-electron chi connectivity index (χ3n) is 1.76. The van der Waals surface area contributed by atoms with Gasteiger partial charge < -0.3 is 10.1 Å². The van der Waals surface area contributed by atoms with E-state index in [1.807, 2.05) is 0 Å². The Morgan fingerprint density at radius 1 is 1.60 bits per heavy atom. The zero-order chi connectivity index (χ0) is 11.3. The molecule has 0 radical (unpaired) electrons. The van der Waals surface area contributed by atoms with Gasteiger partial charge in [-0.15, -0.1) is 0 Å². The number of ether oxygens (including phenoxy) is 1. The van der Waals surface area contributed by atoms with Crippen molar-refractivity contribution >= 4 is 11.6 Å². The highest BCUT2D eigenvalue weighted by molar-refractivity contribution is 6.29. The van der Waals surface area contributed by atoms with Gasteiger partial charge >= 0.3 is 0 Å². The van der Waals surface area contributed by atoms with E-state index in [2.05, 4.69) is 11.9 Å². The second-order valence-corrected chi connectivity index (χ2v) is 3.64. The Hall–Kier alpha value is -1.06. The summed E-state index contributed by atoms with van der Waals surface area (Å²) in [6.45, 7) is 4.19. The van der Waals surface area contributed by atoms with E-state index in [1.165, 1.54) is 6.07 Å². The standard InChI is InChI=1S/C11H13ClFNO/c1-8(12)7-15-11-4-3-9(6-14-2)5-10(11)13/h3-5,14H,1,6-7H2,2H3. The third kappa shape index (κ3) is 3.90. The Balaban J connectivity index is 2.70. The van der Waals surface area contributed by atoms with Gasteiger partial charge in [0, 0.05) is 11.6 Å². The lowest BCUT2D eigenvalue weighted by Crippen LogP contribution is -2.06. The summed E-state index contributed by atoms with van der Waals surface area (Å²) < 4.78 is 18.5. The van der Waals surface area contributed by atoms with Gasteiger partial charge in [0.05, 0.1) is 0 Å². The van der Waals surface area contributed by atoms with Crippen molar-refractivity contribution in [1.29, 1.82) is 0 Å². The molecule has 0 unspecified atom stereocenters. The van der Waals surface area contributed by atoms with Crippen LogP contribution in [0, 0.1) is 5.82 Å². The zero-order valence-electron chi connectivity index (χ0n) is 8.52. The average molecular weight is 230 g/mol. The summed E-state index contributed by atoms with van der Waals surface area (Å²) in [7, 11) is 1.81. The summed E-state index contributed by atoms with van der Waals surface area (Å²) in [6, 6.07) is 4.82. The molecule has 0 fully saturated rings. The third-order valence-corrected chi connectivity index (χ3v) is 1.87. The van der Waals surface area contributed by atoms with E-state index >= 15 is 0 Å². The topological polar surface area (TPSA) is 21.3 Å². The lowest BCUT2D eigenvalue weighted by Gasteiger charge is -2.07. The lowest BCUT2D eigenvalue weighted by molar-refractivity contribution is 0.338. The first-order valence-electron chi connectivity index (χ1n) is 4.52. The molecule has 82 valence electrons. The lowest BCUT2D eigenvalue weighted by atomic mass is 10.2. The molecule has 0 spiro atoms. The number of rotatable bonds is 5. The molecule has 0 aliphatic rings.